The van der Waals surface area contributed by atoms with Crippen LogP contribution in [0, 0.1) is 6.92 Å². The molecule has 0 bridgehead atoms. The van der Waals surface area contributed by atoms with Gasteiger partial charge >= 0.3 is 6.09 Å². The Labute approximate surface area is 219 Å². The van der Waals surface area contributed by atoms with Gasteiger partial charge in [0.1, 0.15) is 18.8 Å². The van der Waals surface area contributed by atoms with Crippen LogP contribution < -0.4 is 14.8 Å². The fourth-order valence-electron chi connectivity index (χ4n) is 3.53. The predicted octanol–water partition coefficient (Wildman–Crippen LogP) is 5.75. The summed E-state index contributed by atoms with van der Waals surface area (Å²) in [5, 5.41) is 2.88. The first-order valence-corrected chi connectivity index (χ1v) is 12.3. The van der Waals surface area contributed by atoms with E-state index in [9.17, 15) is 9.59 Å². The number of carbonyl (C=O) groups excluding carboxylic acids is 2. The number of rotatable bonds is 10. The Kier molecular flexibility index (Phi) is 9.55. The van der Waals surface area contributed by atoms with E-state index in [-0.39, 0.29) is 12.5 Å². The summed E-state index contributed by atoms with van der Waals surface area (Å²) >= 11 is 0. The summed E-state index contributed by atoms with van der Waals surface area (Å²) < 4.78 is 17.6. The Morgan fingerprint density at radius 2 is 1.41 bits per heavy atom. The lowest BCUT2D eigenvalue weighted by atomic mass is 10.1. The highest BCUT2D eigenvalue weighted by Crippen LogP contribution is 2.34. The van der Waals surface area contributed by atoms with Crippen molar-refractivity contribution in [3.8, 4) is 11.5 Å². The van der Waals surface area contributed by atoms with Gasteiger partial charge in [-0.2, -0.15) is 0 Å². The number of likely N-dealkylation sites (N-methyl/N-ethyl adjacent to an activating group) is 1. The van der Waals surface area contributed by atoms with Crippen molar-refractivity contribution < 1.29 is 23.8 Å². The van der Waals surface area contributed by atoms with Crippen molar-refractivity contribution in [1.82, 2.24) is 10.2 Å². The van der Waals surface area contributed by atoms with Crippen LogP contribution in [0.5, 0.6) is 11.5 Å². The molecule has 7 nitrogen and oxygen atoms in total. The molecule has 3 aromatic carbocycles. The Balaban J connectivity index is 1.71. The Hall–Kier alpha value is -4.00. The molecule has 0 aliphatic carbocycles. The number of ether oxygens (including phenoxy) is 3. The molecule has 1 N–H and O–H groups in total. The molecule has 37 heavy (non-hydrogen) atoms. The van der Waals surface area contributed by atoms with E-state index in [1.54, 1.807) is 19.2 Å². The quantitative estimate of drug-likeness (QED) is 0.380. The van der Waals surface area contributed by atoms with Crippen LogP contribution in [0.4, 0.5) is 4.79 Å². The van der Waals surface area contributed by atoms with Crippen LogP contribution in [0.25, 0.3) is 0 Å². The minimum Gasteiger partial charge on any atom is -0.485 e. The Bertz CT molecular complexity index is 1170. The van der Waals surface area contributed by atoms with Crippen LogP contribution >= 0.6 is 0 Å². The summed E-state index contributed by atoms with van der Waals surface area (Å²) in [5.41, 5.74) is 2.63. The van der Waals surface area contributed by atoms with Gasteiger partial charge in [-0.05, 0) is 51.0 Å². The standard InChI is InChI=1S/C30H36N2O5/c1-22-25(28(33)31-18-19-32(5)29(34)37-30(2,3)4)16-17-26(35-20-23-12-8-6-9-13-23)27(22)36-21-24-14-10-7-11-15-24/h6-17H,18-21H2,1-5H3,(H,31,33). The molecule has 0 radical (unpaired) electrons. The topological polar surface area (TPSA) is 77.1 Å². The number of nitrogens with zero attached hydrogens (tertiary/aromatic N) is 1. The highest BCUT2D eigenvalue weighted by molar-refractivity contribution is 5.96. The van der Waals surface area contributed by atoms with Crippen LogP contribution in [-0.4, -0.2) is 42.6 Å². The second-order valence-corrected chi connectivity index (χ2v) is 9.77. The van der Waals surface area contributed by atoms with Gasteiger partial charge < -0.3 is 24.4 Å². The fourth-order valence-corrected chi connectivity index (χ4v) is 3.53. The van der Waals surface area contributed by atoms with Crippen molar-refractivity contribution >= 4 is 12.0 Å². The maximum atomic E-state index is 13.0. The zero-order valence-corrected chi connectivity index (χ0v) is 22.2. The molecular formula is C30H36N2O5. The van der Waals surface area contributed by atoms with Crippen molar-refractivity contribution in [2.45, 2.75) is 46.5 Å². The summed E-state index contributed by atoms with van der Waals surface area (Å²) in [6.07, 6.45) is -0.436. The molecule has 0 atom stereocenters. The lowest BCUT2D eigenvalue weighted by Crippen LogP contribution is -2.39. The van der Waals surface area contributed by atoms with Crippen molar-refractivity contribution in [3.63, 3.8) is 0 Å². The van der Waals surface area contributed by atoms with Crippen molar-refractivity contribution in [3.05, 3.63) is 95.1 Å². The lowest BCUT2D eigenvalue weighted by Gasteiger charge is -2.24. The monoisotopic (exact) mass is 504 g/mol. The molecule has 0 aliphatic rings. The molecular weight excluding hydrogens is 468 g/mol. The molecule has 0 saturated carbocycles. The molecule has 0 heterocycles. The lowest BCUT2D eigenvalue weighted by molar-refractivity contribution is 0.0299. The molecule has 0 saturated heterocycles. The Morgan fingerprint density at radius 3 is 1.97 bits per heavy atom. The van der Waals surface area contributed by atoms with Crippen molar-refractivity contribution in [2.24, 2.45) is 0 Å². The molecule has 7 heteroatoms. The average Bonchev–Trinajstić information content (AvgIpc) is 2.87. The third kappa shape index (κ3) is 8.56. The maximum Gasteiger partial charge on any atom is 0.410 e. The first-order chi connectivity index (χ1) is 17.6. The second-order valence-electron chi connectivity index (χ2n) is 9.77. The van der Waals surface area contributed by atoms with Gasteiger partial charge in [-0.25, -0.2) is 4.79 Å². The highest BCUT2D eigenvalue weighted by atomic mass is 16.6. The minimum absolute atomic E-state index is 0.255. The zero-order chi connectivity index (χ0) is 26.8. The van der Waals surface area contributed by atoms with E-state index in [0.717, 1.165) is 11.1 Å². The van der Waals surface area contributed by atoms with Gasteiger partial charge in [0.2, 0.25) is 0 Å². The van der Waals surface area contributed by atoms with Crippen LogP contribution in [0.3, 0.4) is 0 Å². The molecule has 2 amide bonds. The number of nitrogens with one attached hydrogen (secondary N) is 1. The molecule has 0 fully saturated rings. The number of hydrogen-bond acceptors (Lipinski definition) is 5. The third-order valence-electron chi connectivity index (χ3n) is 5.52. The highest BCUT2D eigenvalue weighted by Gasteiger charge is 2.21. The number of amides is 2. The smallest absolute Gasteiger partial charge is 0.410 e. The van der Waals surface area contributed by atoms with Gasteiger partial charge in [0.15, 0.2) is 11.5 Å². The number of hydrogen-bond donors (Lipinski definition) is 1. The summed E-state index contributed by atoms with van der Waals surface area (Å²) in [5.74, 6) is 0.839. The second kappa shape index (κ2) is 12.8. The molecule has 0 aliphatic heterocycles. The van der Waals surface area contributed by atoms with E-state index in [2.05, 4.69) is 5.32 Å². The third-order valence-corrected chi connectivity index (χ3v) is 5.52. The van der Waals surface area contributed by atoms with Gasteiger partial charge in [0.25, 0.3) is 5.91 Å². The van der Waals surface area contributed by atoms with Gasteiger partial charge in [-0.3, -0.25) is 4.79 Å². The van der Waals surface area contributed by atoms with Gasteiger partial charge in [-0.15, -0.1) is 0 Å². The van der Waals surface area contributed by atoms with E-state index in [1.165, 1.54) is 4.90 Å². The van der Waals surface area contributed by atoms with Gasteiger partial charge in [-0.1, -0.05) is 60.7 Å². The Morgan fingerprint density at radius 1 is 0.838 bits per heavy atom. The molecule has 3 aromatic rings. The molecule has 0 spiro atoms. The van der Waals surface area contributed by atoms with E-state index in [4.69, 9.17) is 14.2 Å². The number of carbonyl (C=O) groups is 2. The maximum absolute atomic E-state index is 13.0. The number of benzene rings is 3. The predicted molar refractivity (Wildman–Crippen MR) is 144 cm³/mol. The average molecular weight is 505 g/mol. The summed E-state index contributed by atoms with van der Waals surface area (Å²) in [7, 11) is 1.64. The van der Waals surface area contributed by atoms with E-state index in [1.807, 2.05) is 88.4 Å². The summed E-state index contributed by atoms with van der Waals surface area (Å²) in [6, 6.07) is 23.2. The van der Waals surface area contributed by atoms with E-state index < -0.39 is 11.7 Å². The SMILES string of the molecule is Cc1c(C(=O)NCCN(C)C(=O)OC(C)(C)C)ccc(OCc2ccccc2)c1OCc1ccccc1. The van der Waals surface area contributed by atoms with Crippen LogP contribution in [0.1, 0.15) is 47.8 Å². The van der Waals surface area contributed by atoms with E-state index >= 15 is 0 Å². The van der Waals surface area contributed by atoms with Gasteiger partial charge in [0, 0.05) is 31.3 Å². The molecule has 196 valence electrons. The largest absolute Gasteiger partial charge is 0.485 e. The zero-order valence-electron chi connectivity index (χ0n) is 22.2. The van der Waals surface area contributed by atoms with Crippen LogP contribution in [0.15, 0.2) is 72.8 Å². The van der Waals surface area contributed by atoms with Crippen LogP contribution in [0.2, 0.25) is 0 Å². The van der Waals surface area contributed by atoms with E-state index in [0.29, 0.717) is 42.4 Å². The summed E-state index contributed by atoms with van der Waals surface area (Å²) in [4.78, 5) is 26.6. The van der Waals surface area contributed by atoms with Gasteiger partial charge in [0.05, 0.1) is 0 Å². The molecule has 0 aromatic heterocycles. The normalized spacial score (nSPS) is 10.9. The van der Waals surface area contributed by atoms with Crippen LogP contribution in [-0.2, 0) is 18.0 Å². The minimum atomic E-state index is -0.577. The first-order valence-electron chi connectivity index (χ1n) is 12.3. The van der Waals surface area contributed by atoms with Crippen molar-refractivity contribution in [1.29, 1.82) is 0 Å². The van der Waals surface area contributed by atoms with Crippen molar-refractivity contribution in [2.75, 3.05) is 20.1 Å². The first kappa shape index (κ1) is 27.6. The fraction of sp³-hybridized carbons (Fsp3) is 0.333. The molecule has 0 unspecified atom stereocenters. The summed E-state index contributed by atoms with van der Waals surface area (Å²) in [6.45, 7) is 8.60. The molecule has 3 rings (SSSR count).